The van der Waals surface area contributed by atoms with Crippen LogP contribution in [0.1, 0.15) is 32.1 Å². The second-order valence-corrected chi connectivity index (χ2v) is 4.63. The number of alkyl halides is 2. The molecule has 1 unspecified atom stereocenters. The van der Waals surface area contributed by atoms with Gasteiger partial charge in [-0.1, -0.05) is 0 Å². The highest BCUT2D eigenvalue weighted by molar-refractivity contribution is 5.78. The van der Waals surface area contributed by atoms with E-state index < -0.39 is 11.8 Å². The fraction of sp³-hybridized carbons (Fsp3) is 0.917. The predicted octanol–water partition coefficient (Wildman–Crippen LogP) is 1.33. The van der Waals surface area contributed by atoms with Crippen LogP contribution in [0.25, 0.3) is 0 Å². The van der Waals surface area contributed by atoms with Crippen LogP contribution < -0.4 is 5.32 Å². The molecule has 0 aromatic rings. The van der Waals surface area contributed by atoms with Crippen LogP contribution in [0.15, 0.2) is 0 Å². The molecule has 0 heterocycles. The zero-order chi connectivity index (χ0) is 13.4. The lowest BCUT2D eigenvalue weighted by atomic mass is 9.86. The Morgan fingerprint density at radius 1 is 1.44 bits per heavy atom. The van der Waals surface area contributed by atoms with Gasteiger partial charge in [-0.05, 0) is 19.3 Å². The molecule has 1 atom stereocenters. The van der Waals surface area contributed by atoms with Gasteiger partial charge in [0, 0.05) is 31.9 Å². The maximum atomic E-state index is 13.1. The van der Waals surface area contributed by atoms with Crippen LogP contribution in [0.3, 0.4) is 0 Å². The summed E-state index contributed by atoms with van der Waals surface area (Å²) in [5, 5.41) is 11.1. The summed E-state index contributed by atoms with van der Waals surface area (Å²) in [5.74, 6) is -3.53. The lowest BCUT2D eigenvalue weighted by molar-refractivity contribution is -0.132. The molecule has 0 aromatic carbocycles. The van der Waals surface area contributed by atoms with Crippen LogP contribution in [-0.2, 0) is 9.53 Å². The van der Waals surface area contributed by atoms with Gasteiger partial charge in [-0.3, -0.25) is 4.79 Å². The molecule has 106 valence electrons. The SMILES string of the molecule is O=C(NCCCOCCO)C1CCCC(F)(F)C1. The molecule has 0 aromatic heterocycles. The number of carbonyl (C=O) groups excluding carboxylic acids is 1. The topological polar surface area (TPSA) is 58.6 Å². The highest BCUT2D eigenvalue weighted by Crippen LogP contribution is 2.36. The van der Waals surface area contributed by atoms with E-state index in [9.17, 15) is 13.6 Å². The number of amides is 1. The smallest absolute Gasteiger partial charge is 0.248 e. The Balaban J connectivity index is 2.12. The van der Waals surface area contributed by atoms with Crippen LogP contribution in [-0.4, -0.2) is 43.3 Å². The second-order valence-electron chi connectivity index (χ2n) is 4.63. The van der Waals surface area contributed by atoms with Crippen molar-refractivity contribution < 1.29 is 23.4 Å². The highest BCUT2D eigenvalue weighted by atomic mass is 19.3. The molecule has 0 aliphatic heterocycles. The van der Waals surface area contributed by atoms with Gasteiger partial charge in [0.25, 0.3) is 0 Å². The van der Waals surface area contributed by atoms with Gasteiger partial charge in [0.15, 0.2) is 0 Å². The Morgan fingerprint density at radius 3 is 2.89 bits per heavy atom. The third-order valence-corrected chi connectivity index (χ3v) is 3.01. The second kappa shape index (κ2) is 7.63. The molecule has 1 amide bonds. The first kappa shape index (κ1) is 15.3. The molecule has 6 heteroatoms. The lowest BCUT2D eigenvalue weighted by Crippen LogP contribution is -2.38. The third kappa shape index (κ3) is 5.73. The summed E-state index contributed by atoms with van der Waals surface area (Å²) in [4.78, 5) is 11.6. The highest BCUT2D eigenvalue weighted by Gasteiger charge is 2.38. The van der Waals surface area contributed by atoms with Gasteiger partial charge in [-0.25, -0.2) is 8.78 Å². The summed E-state index contributed by atoms with van der Waals surface area (Å²) >= 11 is 0. The molecular formula is C12H21F2NO3. The molecule has 1 aliphatic rings. The van der Waals surface area contributed by atoms with E-state index in [1.165, 1.54) is 0 Å². The van der Waals surface area contributed by atoms with Gasteiger partial charge < -0.3 is 15.2 Å². The zero-order valence-corrected chi connectivity index (χ0v) is 10.5. The summed E-state index contributed by atoms with van der Waals surface area (Å²) in [5.41, 5.74) is 0. The van der Waals surface area contributed by atoms with Crippen molar-refractivity contribution in [2.75, 3.05) is 26.4 Å². The van der Waals surface area contributed by atoms with E-state index in [-0.39, 0.29) is 32.0 Å². The number of ether oxygens (including phenoxy) is 1. The summed E-state index contributed by atoms with van der Waals surface area (Å²) in [7, 11) is 0. The van der Waals surface area contributed by atoms with Gasteiger partial charge >= 0.3 is 0 Å². The number of hydrogen-bond donors (Lipinski definition) is 2. The van der Waals surface area contributed by atoms with E-state index in [1.54, 1.807) is 0 Å². The molecule has 1 fully saturated rings. The van der Waals surface area contributed by atoms with E-state index >= 15 is 0 Å². The third-order valence-electron chi connectivity index (χ3n) is 3.01. The van der Waals surface area contributed by atoms with E-state index in [0.29, 0.717) is 32.4 Å². The monoisotopic (exact) mass is 265 g/mol. The van der Waals surface area contributed by atoms with Crippen molar-refractivity contribution in [3.63, 3.8) is 0 Å². The number of aliphatic hydroxyl groups is 1. The van der Waals surface area contributed by atoms with Crippen molar-refractivity contribution in [1.29, 1.82) is 0 Å². The van der Waals surface area contributed by atoms with E-state index in [4.69, 9.17) is 9.84 Å². The first-order valence-electron chi connectivity index (χ1n) is 6.39. The summed E-state index contributed by atoms with van der Waals surface area (Å²) < 4.78 is 31.3. The molecule has 2 N–H and O–H groups in total. The average Bonchev–Trinajstić information content (AvgIpc) is 2.32. The summed E-state index contributed by atoms with van der Waals surface area (Å²) in [6, 6.07) is 0. The average molecular weight is 265 g/mol. The number of hydrogen-bond acceptors (Lipinski definition) is 3. The first-order chi connectivity index (χ1) is 8.55. The van der Waals surface area contributed by atoms with Gasteiger partial charge in [-0.15, -0.1) is 0 Å². The molecular weight excluding hydrogens is 244 g/mol. The van der Waals surface area contributed by atoms with Crippen molar-refractivity contribution >= 4 is 5.91 Å². The molecule has 0 radical (unpaired) electrons. The molecule has 0 bridgehead atoms. The Hall–Kier alpha value is -0.750. The van der Waals surface area contributed by atoms with Crippen molar-refractivity contribution in [2.24, 2.45) is 5.92 Å². The lowest BCUT2D eigenvalue weighted by Gasteiger charge is -2.27. The van der Waals surface area contributed by atoms with E-state index in [1.807, 2.05) is 0 Å². The predicted molar refractivity (Wildman–Crippen MR) is 62.4 cm³/mol. The largest absolute Gasteiger partial charge is 0.394 e. The Kier molecular flexibility index (Phi) is 6.49. The number of nitrogens with one attached hydrogen (secondary N) is 1. The van der Waals surface area contributed by atoms with Gasteiger partial charge in [0.2, 0.25) is 11.8 Å². The van der Waals surface area contributed by atoms with Crippen molar-refractivity contribution in [1.82, 2.24) is 5.32 Å². The van der Waals surface area contributed by atoms with Gasteiger partial charge in [-0.2, -0.15) is 0 Å². The number of halogens is 2. The summed E-state index contributed by atoms with van der Waals surface area (Å²) in [6.07, 6.45) is 1.13. The maximum Gasteiger partial charge on any atom is 0.248 e. The quantitative estimate of drug-likeness (QED) is 0.683. The minimum Gasteiger partial charge on any atom is -0.394 e. The van der Waals surface area contributed by atoms with Gasteiger partial charge in [0.1, 0.15) is 0 Å². The minimum absolute atomic E-state index is 0.0243. The van der Waals surface area contributed by atoms with E-state index in [0.717, 1.165) is 0 Å². The summed E-state index contributed by atoms with van der Waals surface area (Å²) in [6.45, 7) is 1.13. The van der Waals surface area contributed by atoms with E-state index in [2.05, 4.69) is 5.32 Å². The molecule has 0 spiro atoms. The maximum absolute atomic E-state index is 13.1. The molecule has 4 nitrogen and oxygen atoms in total. The van der Waals surface area contributed by atoms with Gasteiger partial charge in [0.05, 0.1) is 13.2 Å². The van der Waals surface area contributed by atoms with Crippen LogP contribution in [0.2, 0.25) is 0 Å². The van der Waals surface area contributed by atoms with Crippen molar-refractivity contribution in [2.45, 2.75) is 38.0 Å². The number of aliphatic hydroxyl groups excluding tert-OH is 1. The Labute approximate surface area is 106 Å². The number of rotatable bonds is 7. The minimum atomic E-state index is -2.69. The molecule has 1 aliphatic carbocycles. The van der Waals surface area contributed by atoms with Crippen LogP contribution in [0.5, 0.6) is 0 Å². The van der Waals surface area contributed by atoms with Crippen molar-refractivity contribution in [3.8, 4) is 0 Å². The van der Waals surface area contributed by atoms with Crippen LogP contribution in [0.4, 0.5) is 8.78 Å². The normalized spacial score (nSPS) is 22.7. The molecule has 18 heavy (non-hydrogen) atoms. The van der Waals surface area contributed by atoms with Crippen LogP contribution >= 0.6 is 0 Å². The molecule has 1 saturated carbocycles. The Bertz CT molecular complexity index is 262. The Morgan fingerprint density at radius 2 is 2.22 bits per heavy atom. The molecule has 0 saturated heterocycles. The fourth-order valence-corrected chi connectivity index (χ4v) is 2.09. The number of carbonyl (C=O) groups is 1. The zero-order valence-electron chi connectivity index (χ0n) is 10.5. The van der Waals surface area contributed by atoms with Crippen LogP contribution in [0, 0.1) is 5.92 Å². The molecule has 1 rings (SSSR count). The first-order valence-corrected chi connectivity index (χ1v) is 6.39. The van der Waals surface area contributed by atoms with Crippen molar-refractivity contribution in [3.05, 3.63) is 0 Å². The standard InChI is InChI=1S/C12H21F2NO3/c13-12(14)4-1-3-10(9-12)11(17)15-5-2-7-18-8-6-16/h10,16H,1-9H2,(H,15,17). The fourth-order valence-electron chi connectivity index (χ4n) is 2.09.